The van der Waals surface area contributed by atoms with Gasteiger partial charge in [0.1, 0.15) is 36.8 Å². The van der Waals surface area contributed by atoms with E-state index in [1.807, 2.05) is 0 Å². The second kappa shape index (κ2) is 5.48. The van der Waals surface area contributed by atoms with Gasteiger partial charge in [0.15, 0.2) is 17.7 Å². The van der Waals surface area contributed by atoms with Crippen molar-refractivity contribution in [3.8, 4) is 0 Å². The van der Waals surface area contributed by atoms with Crippen molar-refractivity contribution in [3.63, 3.8) is 0 Å². The number of nitrogens with two attached hydrogens (primary N) is 1. The van der Waals surface area contributed by atoms with Crippen LogP contribution in [0.3, 0.4) is 0 Å². The van der Waals surface area contributed by atoms with Crippen LogP contribution in [0.2, 0.25) is 0 Å². The first-order valence-corrected chi connectivity index (χ1v) is 6.57. The first kappa shape index (κ1) is 14.6. The molecule has 0 unspecified atom stereocenters. The van der Waals surface area contributed by atoms with Crippen molar-refractivity contribution >= 4 is 23.0 Å². The number of aromatic nitrogens is 4. The van der Waals surface area contributed by atoms with Gasteiger partial charge in [0, 0.05) is 6.92 Å². The molecule has 1 aliphatic rings. The molecule has 1 saturated heterocycles. The molecule has 0 bridgehead atoms. The quantitative estimate of drug-likeness (QED) is 0.582. The molecule has 2 aromatic heterocycles. The average Bonchev–Trinajstić information content (AvgIpc) is 3.01. The first-order valence-electron chi connectivity index (χ1n) is 6.57. The summed E-state index contributed by atoms with van der Waals surface area (Å²) in [5, 5.41) is 20.2. The van der Waals surface area contributed by atoms with Crippen LogP contribution in [0, 0.1) is 0 Å². The van der Waals surface area contributed by atoms with Crippen molar-refractivity contribution in [2.75, 3.05) is 12.3 Å². The van der Waals surface area contributed by atoms with Gasteiger partial charge in [0.05, 0.1) is 6.33 Å². The Bertz CT molecular complexity index is 704. The van der Waals surface area contributed by atoms with Crippen LogP contribution >= 0.6 is 0 Å². The lowest BCUT2D eigenvalue weighted by Gasteiger charge is -2.16. The molecule has 10 heteroatoms. The van der Waals surface area contributed by atoms with E-state index in [-0.39, 0.29) is 12.4 Å². The van der Waals surface area contributed by atoms with E-state index in [4.69, 9.17) is 15.2 Å². The zero-order chi connectivity index (χ0) is 15.9. The highest BCUT2D eigenvalue weighted by atomic mass is 16.6. The molecule has 2 aromatic rings. The maximum Gasteiger partial charge on any atom is 0.302 e. The van der Waals surface area contributed by atoms with E-state index >= 15 is 0 Å². The Morgan fingerprint density at radius 1 is 1.41 bits per heavy atom. The lowest BCUT2D eigenvalue weighted by Crippen LogP contribution is -2.34. The number of carbonyl (C=O) groups is 1. The second-order valence-corrected chi connectivity index (χ2v) is 4.93. The van der Waals surface area contributed by atoms with E-state index in [1.54, 1.807) is 0 Å². The van der Waals surface area contributed by atoms with Crippen LogP contribution in [-0.2, 0) is 14.3 Å². The van der Waals surface area contributed by atoms with Gasteiger partial charge in [-0.3, -0.25) is 9.36 Å². The Labute approximate surface area is 124 Å². The van der Waals surface area contributed by atoms with Crippen LogP contribution in [-0.4, -0.2) is 60.6 Å². The van der Waals surface area contributed by atoms with Crippen molar-refractivity contribution in [2.45, 2.75) is 31.5 Å². The van der Waals surface area contributed by atoms with Gasteiger partial charge in [-0.25, -0.2) is 15.0 Å². The van der Waals surface area contributed by atoms with Gasteiger partial charge >= 0.3 is 5.97 Å². The molecule has 0 saturated carbocycles. The van der Waals surface area contributed by atoms with Gasteiger partial charge < -0.3 is 25.4 Å². The molecule has 4 atom stereocenters. The standard InChI is InChI=1S/C12H15N5O5/c1-5(18)21-2-6-8(19)9(20)12(22-6)17-4-16-7-10(13)14-3-15-11(7)17/h3-4,6,8-9,12,19-20H,2H2,1H3,(H2,13,14,15)/t6-,8+,9-,12+/m0/s1. The minimum atomic E-state index is -1.23. The first-order chi connectivity index (χ1) is 10.5. The van der Waals surface area contributed by atoms with E-state index in [0.29, 0.717) is 11.2 Å². The van der Waals surface area contributed by atoms with Gasteiger partial charge in [-0.2, -0.15) is 0 Å². The summed E-state index contributed by atoms with van der Waals surface area (Å²) in [4.78, 5) is 22.8. The maximum absolute atomic E-state index is 10.8. The molecular formula is C12H15N5O5. The Hall–Kier alpha value is -2.30. The maximum atomic E-state index is 10.8. The van der Waals surface area contributed by atoms with Crippen LogP contribution in [0.15, 0.2) is 12.7 Å². The summed E-state index contributed by atoms with van der Waals surface area (Å²) in [5.41, 5.74) is 6.44. The number of rotatable bonds is 3. The van der Waals surface area contributed by atoms with Crippen LogP contribution in [0.4, 0.5) is 5.82 Å². The predicted octanol–water partition coefficient (Wildman–Crippen LogP) is -1.41. The molecule has 118 valence electrons. The molecule has 10 nitrogen and oxygen atoms in total. The number of anilines is 1. The van der Waals surface area contributed by atoms with Gasteiger partial charge in [-0.05, 0) is 0 Å². The van der Waals surface area contributed by atoms with Crippen molar-refractivity contribution in [1.82, 2.24) is 19.5 Å². The minimum absolute atomic E-state index is 0.159. The lowest BCUT2D eigenvalue weighted by atomic mass is 10.1. The summed E-state index contributed by atoms with van der Waals surface area (Å²) in [6, 6.07) is 0. The van der Waals surface area contributed by atoms with Crippen molar-refractivity contribution in [2.24, 2.45) is 0 Å². The molecule has 4 N–H and O–H groups in total. The fraction of sp³-hybridized carbons (Fsp3) is 0.500. The summed E-state index contributed by atoms with van der Waals surface area (Å²) in [6.07, 6.45) is -1.54. The van der Waals surface area contributed by atoms with E-state index in [2.05, 4.69) is 15.0 Å². The molecule has 0 aromatic carbocycles. The van der Waals surface area contributed by atoms with Crippen LogP contribution in [0.1, 0.15) is 13.2 Å². The predicted molar refractivity (Wildman–Crippen MR) is 72.3 cm³/mol. The fourth-order valence-electron chi connectivity index (χ4n) is 2.35. The molecule has 0 spiro atoms. The number of hydrogen-bond donors (Lipinski definition) is 3. The molecule has 3 heterocycles. The van der Waals surface area contributed by atoms with Gasteiger partial charge in [-0.15, -0.1) is 0 Å². The van der Waals surface area contributed by atoms with Crippen LogP contribution in [0.25, 0.3) is 11.2 Å². The number of carbonyl (C=O) groups excluding carboxylic acids is 1. The number of hydrogen-bond acceptors (Lipinski definition) is 9. The molecular weight excluding hydrogens is 294 g/mol. The monoisotopic (exact) mass is 309 g/mol. The summed E-state index contributed by atoms with van der Waals surface area (Å²) in [7, 11) is 0. The number of esters is 1. The number of ether oxygens (including phenoxy) is 2. The van der Waals surface area contributed by atoms with E-state index in [9.17, 15) is 15.0 Å². The summed E-state index contributed by atoms with van der Waals surface area (Å²) < 4.78 is 11.8. The second-order valence-electron chi connectivity index (χ2n) is 4.93. The third-order valence-electron chi connectivity index (χ3n) is 3.45. The zero-order valence-corrected chi connectivity index (χ0v) is 11.7. The Morgan fingerprint density at radius 3 is 2.91 bits per heavy atom. The highest BCUT2D eigenvalue weighted by Crippen LogP contribution is 2.32. The summed E-state index contributed by atoms with van der Waals surface area (Å²) >= 11 is 0. The lowest BCUT2D eigenvalue weighted by molar-refractivity contribution is -0.147. The van der Waals surface area contributed by atoms with Crippen molar-refractivity contribution < 1.29 is 24.5 Å². The smallest absolute Gasteiger partial charge is 0.302 e. The number of nitrogens with zero attached hydrogens (tertiary/aromatic N) is 4. The number of imidazole rings is 1. The Balaban J connectivity index is 1.87. The zero-order valence-electron chi connectivity index (χ0n) is 11.7. The molecule has 1 fully saturated rings. The molecule has 0 amide bonds. The van der Waals surface area contributed by atoms with E-state index in [1.165, 1.54) is 24.1 Å². The van der Waals surface area contributed by atoms with Gasteiger partial charge in [0.25, 0.3) is 0 Å². The third kappa shape index (κ3) is 2.36. The average molecular weight is 309 g/mol. The molecule has 1 aliphatic heterocycles. The Kier molecular flexibility index (Phi) is 3.64. The highest BCUT2D eigenvalue weighted by Gasteiger charge is 2.44. The SMILES string of the molecule is CC(=O)OC[C@@H]1O[C@@H](n2cnc3c(N)ncnc32)[C@@H](O)[C@@H]1O. The number of nitrogen functional groups attached to an aromatic ring is 1. The van der Waals surface area contributed by atoms with Gasteiger partial charge in [-0.1, -0.05) is 0 Å². The molecule has 3 rings (SSSR count). The number of fused-ring (bicyclic) bond motifs is 1. The molecule has 22 heavy (non-hydrogen) atoms. The van der Waals surface area contributed by atoms with Crippen LogP contribution in [0.5, 0.6) is 0 Å². The number of aliphatic hydroxyl groups is 2. The van der Waals surface area contributed by atoms with Crippen molar-refractivity contribution in [3.05, 3.63) is 12.7 Å². The van der Waals surface area contributed by atoms with E-state index in [0.717, 1.165) is 0 Å². The largest absolute Gasteiger partial charge is 0.463 e. The van der Waals surface area contributed by atoms with Gasteiger partial charge in [0.2, 0.25) is 0 Å². The Morgan fingerprint density at radius 2 is 2.18 bits per heavy atom. The number of aliphatic hydroxyl groups excluding tert-OH is 2. The highest BCUT2D eigenvalue weighted by molar-refractivity contribution is 5.81. The summed E-state index contributed by atoms with van der Waals surface area (Å²) in [6.45, 7) is 1.09. The fourth-order valence-corrected chi connectivity index (χ4v) is 2.35. The molecule has 0 aliphatic carbocycles. The topological polar surface area (TPSA) is 146 Å². The summed E-state index contributed by atoms with van der Waals surface area (Å²) in [5.74, 6) is -0.296. The third-order valence-corrected chi connectivity index (χ3v) is 3.45. The van der Waals surface area contributed by atoms with E-state index < -0.39 is 30.5 Å². The van der Waals surface area contributed by atoms with Crippen LogP contribution < -0.4 is 5.73 Å². The molecule has 0 radical (unpaired) electrons. The minimum Gasteiger partial charge on any atom is -0.463 e. The normalized spacial score (nSPS) is 28.1. The van der Waals surface area contributed by atoms with Crippen molar-refractivity contribution in [1.29, 1.82) is 0 Å².